The second-order valence-electron chi connectivity index (χ2n) is 5.28. The van der Waals surface area contributed by atoms with Crippen LogP contribution in [0.2, 0.25) is 5.02 Å². The summed E-state index contributed by atoms with van der Waals surface area (Å²) >= 11 is 6.71. The number of amides is 1. The van der Waals surface area contributed by atoms with E-state index in [2.05, 4.69) is 20.2 Å². The molecule has 1 heterocycles. The summed E-state index contributed by atoms with van der Waals surface area (Å²) in [6.45, 7) is 1.85. The summed E-state index contributed by atoms with van der Waals surface area (Å²) in [5, 5.41) is 10.2. The van der Waals surface area contributed by atoms with Gasteiger partial charge in [0.2, 0.25) is 5.13 Å². The average molecular weight is 409 g/mol. The summed E-state index contributed by atoms with van der Waals surface area (Å²) in [6, 6.07) is 13.4. The van der Waals surface area contributed by atoms with Gasteiger partial charge in [-0.3, -0.25) is 14.8 Å². The highest BCUT2D eigenvalue weighted by atomic mass is 35.5. The lowest BCUT2D eigenvalue weighted by Gasteiger charge is -2.05. The molecule has 0 saturated heterocycles. The molecule has 0 unspecified atom stereocenters. The average Bonchev–Trinajstić information content (AvgIpc) is 3.04. The van der Waals surface area contributed by atoms with Gasteiger partial charge in [-0.1, -0.05) is 47.2 Å². The van der Waals surface area contributed by atoms with Gasteiger partial charge in [0, 0.05) is 5.69 Å². The van der Waals surface area contributed by atoms with Crippen LogP contribution < -0.4 is 10.0 Å². The first kappa shape index (κ1) is 18.3. The molecule has 7 nitrogen and oxygen atoms in total. The van der Waals surface area contributed by atoms with E-state index in [-0.39, 0.29) is 20.1 Å². The van der Waals surface area contributed by atoms with Crippen LogP contribution in [-0.4, -0.2) is 24.5 Å². The largest absolute Gasteiger partial charge is 0.296 e. The van der Waals surface area contributed by atoms with Gasteiger partial charge < -0.3 is 0 Å². The molecule has 3 aromatic rings. The molecule has 10 heteroatoms. The van der Waals surface area contributed by atoms with Crippen LogP contribution >= 0.6 is 22.9 Å². The standard InChI is InChI=1S/C16H13ClN4O3S2/c1-10-5-4-6-11(9-10)21-26(23,24)16-20-19-15(25-16)18-14(22)12-7-2-3-8-13(12)17/h2-9,21H,1H3,(H,18,19,22). The first-order valence-corrected chi connectivity index (χ1v) is 10.0. The monoisotopic (exact) mass is 408 g/mol. The zero-order valence-corrected chi connectivity index (χ0v) is 15.8. The summed E-state index contributed by atoms with van der Waals surface area (Å²) in [6.07, 6.45) is 0. The van der Waals surface area contributed by atoms with Crippen molar-refractivity contribution < 1.29 is 13.2 Å². The van der Waals surface area contributed by atoms with Crippen LogP contribution in [0.3, 0.4) is 0 Å². The molecule has 2 N–H and O–H groups in total. The minimum atomic E-state index is -3.90. The fourth-order valence-corrected chi connectivity index (χ4v) is 4.25. The molecule has 134 valence electrons. The third-order valence-electron chi connectivity index (χ3n) is 3.25. The van der Waals surface area contributed by atoms with Crippen molar-refractivity contribution in [2.75, 3.05) is 10.0 Å². The van der Waals surface area contributed by atoms with Gasteiger partial charge in [0.1, 0.15) is 0 Å². The number of halogens is 1. The molecular formula is C16H13ClN4O3S2. The number of rotatable bonds is 5. The van der Waals surface area contributed by atoms with E-state index in [1.807, 2.05) is 13.0 Å². The Morgan fingerprint density at radius 1 is 1.12 bits per heavy atom. The fraction of sp³-hybridized carbons (Fsp3) is 0.0625. The second kappa shape index (κ2) is 7.40. The Morgan fingerprint density at radius 2 is 1.88 bits per heavy atom. The molecule has 0 fully saturated rings. The molecule has 0 spiro atoms. The third kappa shape index (κ3) is 4.18. The molecule has 3 rings (SSSR count). The van der Waals surface area contributed by atoms with Crippen molar-refractivity contribution >= 4 is 49.7 Å². The predicted octanol–water partition coefficient (Wildman–Crippen LogP) is 3.55. The Hall–Kier alpha value is -2.49. The van der Waals surface area contributed by atoms with Crippen LogP contribution in [0, 0.1) is 6.92 Å². The minimum Gasteiger partial charge on any atom is -0.296 e. The summed E-state index contributed by atoms with van der Waals surface area (Å²) in [4.78, 5) is 12.2. The molecule has 0 aliphatic carbocycles. The van der Waals surface area contributed by atoms with Crippen LogP contribution in [0.5, 0.6) is 0 Å². The number of hydrogen-bond donors (Lipinski definition) is 2. The molecule has 0 aliphatic heterocycles. The number of aryl methyl sites for hydroxylation is 1. The number of hydrogen-bond acceptors (Lipinski definition) is 6. The minimum absolute atomic E-state index is 0.0551. The first-order chi connectivity index (χ1) is 12.3. The van der Waals surface area contributed by atoms with Crippen molar-refractivity contribution in [1.29, 1.82) is 0 Å². The van der Waals surface area contributed by atoms with Crippen LogP contribution in [0.4, 0.5) is 10.8 Å². The van der Waals surface area contributed by atoms with E-state index in [4.69, 9.17) is 11.6 Å². The predicted molar refractivity (Wildman–Crippen MR) is 101 cm³/mol. The summed E-state index contributed by atoms with van der Waals surface area (Å²) in [5.41, 5.74) is 1.59. The normalized spacial score (nSPS) is 11.2. The number of benzene rings is 2. The van der Waals surface area contributed by atoms with Gasteiger partial charge >= 0.3 is 0 Å². The van der Waals surface area contributed by atoms with Crippen LogP contribution in [-0.2, 0) is 10.0 Å². The molecule has 1 aromatic heterocycles. The first-order valence-electron chi connectivity index (χ1n) is 7.34. The van der Waals surface area contributed by atoms with Gasteiger partial charge in [-0.05, 0) is 36.8 Å². The van der Waals surface area contributed by atoms with Gasteiger partial charge in [0.25, 0.3) is 20.3 Å². The van der Waals surface area contributed by atoms with Gasteiger partial charge in [-0.2, -0.15) is 8.42 Å². The number of aromatic nitrogens is 2. The Balaban J connectivity index is 1.77. The second-order valence-corrected chi connectivity index (χ2v) is 8.52. The smallest absolute Gasteiger partial charge is 0.291 e. The molecular weight excluding hydrogens is 396 g/mol. The topological polar surface area (TPSA) is 101 Å². The molecule has 0 atom stereocenters. The summed E-state index contributed by atoms with van der Waals surface area (Å²) < 4.78 is 27.0. The van der Waals surface area contributed by atoms with Gasteiger partial charge in [-0.15, -0.1) is 10.2 Å². The van der Waals surface area contributed by atoms with E-state index in [1.165, 1.54) is 0 Å². The van der Waals surface area contributed by atoms with Crippen molar-refractivity contribution in [2.24, 2.45) is 0 Å². The van der Waals surface area contributed by atoms with Gasteiger partial charge in [0.15, 0.2) is 0 Å². The van der Waals surface area contributed by atoms with E-state index in [1.54, 1.807) is 42.5 Å². The quantitative estimate of drug-likeness (QED) is 0.628. The number of anilines is 2. The Bertz CT molecular complexity index is 1070. The fourth-order valence-electron chi connectivity index (χ4n) is 2.09. The number of nitrogens with one attached hydrogen (secondary N) is 2. The summed E-state index contributed by atoms with van der Waals surface area (Å²) in [5.74, 6) is -0.498. The lowest BCUT2D eigenvalue weighted by molar-refractivity contribution is 0.102. The molecule has 2 aromatic carbocycles. The lowest BCUT2D eigenvalue weighted by atomic mass is 10.2. The molecule has 26 heavy (non-hydrogen) atoms. The Kier molecular flexibility index (Phi) is 5.21. The third-order valence-corrected chi connectivity index (χ3v) is 6.16. The number of carbonyl (C=O) groups is 1. The maximum Gasteiger partial charge on any atom is 0.291 e. The Labute approximate surface area is 159 Å². The van der Waals surface area contributed by atoms with Crippen molar-refractivity contribution in [1.82, 2.24) is 10.2 Å². The van der Waals surface area contributed by atoms with E-state index in [9.17, 15) is 13.2 Å². The van der Waals surface area contributed by atoms with Crippen molar-refractivity contribution in [3.05, 3.63) is 64.7 Å². The maximum atomic E-state index is 12.4. The molecule has 0 radical (unpaired) electrons. The number of sulfonamides is 1. The van der Waals surface area contributed by atoms with Crippen LogP contribution in [0.15, 0.2) is 52.9 Å². The van der Waals surface area contributed by atoms with E-state index in [0.717, 1.165) is 16.9 Å². The zero-order chi connectivity index (χ0) is 18.7. The van der Waals surface area contributed by atoms with Crippen molar-refractivity contribution in [3.8, 4) is 0 Å². The van der Waals surface area contributed by atoms with Crippen molar-refractivity contribution in [3.63, 3.8) is 0 Å². The highest BCUT2D eigenvalue weighted by molar-refractivity contribution is 7.94. The Morgan fingerprint density at radius 3 is 2.62 bits per heavy atom. The van der Waals surface area contributed by atoms with Gasteiger partial charge in [-0.25, -0.2) is 0 Å². The number of carbonyl (C=O) groups excluding carboxylic acids is 1. The molecule has 1 amide bonds. The van der Waals surface area contributed by atoms with Crippen LogP contribution in [0.1, 0.15) is 15.9 Å². The van der Waals surface area contributed by atoms with E-state index < -0.39 is 15.9 Å². The van der Waals surface area contributed by atoms with E-state index >= 15 is 0 Å². The SMILES string of the molecule is Cc1cccc(NS(=O)(=O)c2nnc(NC(=O)c3ccccc3Cl)s2)c1. The highest BCUT2D eigenvalue weighted by Crippen LogP contribution is 2.24. The molecule has 0 bridgehead atoms. The molecule has 0 saturated carbocycles. The summed E-state index contributed by atoms with van der Waals surface area (Å²) in [7, 11) is -3.90. The van der Waals surface area contributed by atoms with E-state index in [0.29, 0.717) is 5.69 Å². The molecule has 0 aliphatic rings. The van der Waals surface area contributed by atoms with Gasteiger partial charge in [0.05, 0.1) is 10.6 Å². The van der Waals surface area contributed by atoms with Crippen LogP contribution in [0.25, 0.3) is 0 Å². The zero-order valence-electron chi connectivity index (χ0n) is 13.4. The number of nitrogens with zero attached hydrogens (tertiary/aromatic N) is 2. The maximum absolute atomic E-state index is 12.4. The van der Waals surface area contributed by atoms with Crippen molar-refractivity contribution in [2.45, 2.75) is 11.3 Å². The lowest BCUT2D eigenvalue weighted by Crippen LogP contribution is -2.12. The highest BCUT2D eigenvalue weighted by Gasteiger charge is 2.21.